The summed E-state index contributed by atoms with van der Waals surface area (Å²) in [6, 6.07) is 0. The van der Waals surface area contributed by atoms with Crippen LogP contribution in [0.25, 0.3) is 0 Å². The van der Waals surface area contributed by atoms with Gasteiger partial charge in [-0.25, -0.2) is 9.59 Å². The number of rotatable bonds is 4. The zero-order valence-electron chi connectivity index (χ0n) is 15.9. The average Bonchev–Trinajstić information content (AvgIpc) is 3.17. The Bertz CT molecular complexity index is 794. The molecule has 12 heteroatoms. The summed E-state index contributed by atoms with van der Waals surface area (Å²) < 4.78 is 3.81. The Kier molecular flexibility index (Phi) is 6.44. The number of ether oxygens (including phenoxy) is 1. The van der Waals surface area contributed by atoms with Gasteiger partial charge in [0.15, 0.2) is 0 Å². The number of nitrogens with zero attached hydrogens (tertiary/aromatic N) is 2. The van der Waals surface area contributed by atoms with Crippen LogP contribution in [0.1, 0.15) is 51.4 Å². The third-order valence-corrected chi connectivity index (χ3v) is 5.53. The minimum absolute atomic E-state index is 0.0194. The fourth-order valence-corrected chi connectivity index (χ4v) is 3.48. The van der Waals surface area contributed by atoms with Crippen molar-refractivity contribution in [3.8, 4) is 0 Å². The van der Waals surface area contributed by atoms with E-state index in [9.17, 15) is 28.8 Å². The van der Waals surface area contributed by atoms with Gasteiger partial charge in [0, 0.05) is 25.7 Å². The molecular weight excluding hydrogens is 420 g/mol. The van der Waals surface area contributed by atoms with Gasteiger partial charge in [-0.1, -0.05) is 11.1 Å². The second-order valence-corrected chi connectivity index (χ2v) is 7.93. The quantitative estimate of drug-likeness (QED) is 0.293. The predicted molar refractivity (Wildman–Crippen MR) is 98.9 cm³/mol. The van der Waals surface area contributed by atoms with Crippen LogP contribution >= 0.6 is 12.6 Å². The summed E-state index contributed by atoms with van der Waals surface area (Å²) in [5.74, 6) is -3.29. The van der Waals surface area contributed by atoms with Gasteiger partial charge in [-0.15, -0.1) is 5.06 Å². The molecule has 2 saturated heterocycles. The molecule has 2 heterocycles. The van der Waals surface area contributed by atoms with Crippen LogP contribution < -0.4 is 0 Å². The van der Waals surface area contributed by atoms with Gasteiger partial charge in [0.2, 0.25) is 0 Å². The lowest BCUT2D eigenvalue weighted by Crippen LogP contribution is -2.42. The Morgan fingerprint density at radius 2 is 1.43 bits per heavy atom. The monoisotopic (exact) mass is 440 g/mol. The highest BCUT2D eigenvalue weighted by Crippen LogP contribution is 2.33. The summed E-state index contributed by atoms with van der Waals surface area (Å²) in [6.45, 7) is 0. The van der Waals surface area contributed by atoms with Crippen molar-refractivity contribution in [1.82, 2.24) is 10.1 Å². The molecule has 2 fully saturated rings. The summed E-state index contributed by atoms with van der Waals surface area (Å²) in [5.41, 5.74) is 0. The van der Waals surface area contributed by atoms with E-state index in [1.807, 2.05) is 0 Å². The summed E-state index contributed by atoms with van der Waals surface area (Å²) >= 11 is 4.42. The molecule has 4 amide bonds. The van der Waals surface area contributed by atoms with Gasteiger partial charge in [-0.05, 0) is 31.8 Å². The molecule has 0 aromatic rings. The first-order valence-corrected chi connectivity index (χ1v) is 9.86. The topological polar surface area (TPSA) is 137 Å². The van der Waals surface area contributed by atoms with Crippen LogP contribution in [0.3, 0.4) is 0 Å². The summed E-state index contributed by atoms with van der Waals surface area (Å²) in [7, 11) is 0. The van der Waals surface area contributed by atoms with Gasteiger partial charge in [0.05, 0.1) is 0 Å². The third kappa shape index (κ3) is 4.81. The number of carbonyl (C=O) groups is 6. The highest BCUT2D eigenvalue weighted by molar-refractivity contribution is 7.82. The van der Waals surface area contributed by atoms with Crippen LogP contribution in [0.5, 0.6) is 0 Å². The van der Waals surface area contributed by atoms with E-state index in [1.54, 1.807) is 12.2 Å². The number of hydrogen-bond donors (Lipinski definition) is 1. The Hall–Kier alpha value is -2.89. The van der Waals surface area contributed by atoms with E-state index in [-0.39, 0.29) is 44.9 Å². The van der Waals surface area contributed by atoms with Crippen molar-refractivity contribution < 1.29 is 43.2 Å². The van der Waals surface area contributed by atoms with Crippen molar-refractivity contribution in [2.75, 3.05) is 0 Å². The molecule has 3 rings (SSSR count). The molecule has 2 aliphatic heterocycles. The normalized spacial score (nSPS) is 28.2. The van der Waals surface area contributed by atoms with E-state index in [0.717, 1.165) is 0 Å². The third-order valence-electron chi connectivity index (χ3n) is 4.90. The largest absolute Gasteiger partial charge is 0.534 e. The van der Waals surface area contributed by atoms with Crippen molar-refractivity contribution in [3.63, 3.8) is 0 Å². The minimum atomic E-state index is -1.32. The van der Waals surface area contributed by atoms with Gasteiger partial charge in [0.1, 0.15) is 10.9 Å². The number of thiol groups is 1. The van der Waals surface area contributed by atoms with E-state index in [0.29, 0.717) is 16.5 Å². The zero-order valence-corrected chi connectivity index (χ0v) is 16.8. The molecular formula is C18H20N2O9S. The number of allylic oxidation sites excluding steroid dienone is 1. The maximum Gasteiger partial charge on any atom is 0.534 e. The number of amides is 4. The number of hydroxylamine groups is 4. The highest BCUT2D eigenvalue weighted by Gasteiger charge is 2.42. The average molecular weight is 440 g/mol. The molecule has 1 aliphatic carbocycles. The second kappa shape index (κ2) is 8.86. The molecule has 0 saturated carbocycles. The Labute approximate surface area is 176 Å². The van der Waals surface area contributed by atoms with E-state index in [2.05, 4.69) is 17.5 Å². The standard InChI is InChI=1S/C18H20N2O9S/c21-12-4-5-13(22)19(12)28-16(25)18(30)9-2-1-3-11(8-10-18)27-17(26)29-20-14(23)6-7-15(20)24/h1,3,11,30H,2,4-10H2/b3-1+. The van der Waals surface area contributed by atoms with Crippen molar-refractivity contribution in [2.45, 2.75) is 62.2 Å². The minimum Gasteiger partial charge on any atom is -0.425 e. The SMILES string of the molecule is O=C(OC1/C=C/CCC(S)(C(=O)ON2C(=O)CCC2=O)CC1)ON1C(=O)CCC1=O. The van der Waals surface area contributed by atoms with Crippen LogP contribution in [-0.4, -0.2) is 56.7 Å². The van der Waals surface area contributed by atoms with Crippen molar-refractivity contribution in [1.29, 1.82) is 0 Å². The Morgan fingerprint density at radius 1 is 0.900 bits per heavy atom. The molecule has 0 aromatic heterocycles. The molecule has 11 nitrogen and oxygen atoms in total. The number of imide groups is 2. The van der Waals surface area contributed by atoms with Crippen LogP contribution in [0.15, 0.2) is 12.2 Å². The predicted octanol–water partition coefficient (Wildman–Crippen LogP) is 0.978. The first-order valence-electron chi connectivity index (χ1n) is 9.41. The molecule has 162 valence electrons. The lowest BCUT2D eigenvalue weighted by molar-refractivity contribution is -0.199. The summed E-state index contributed by atoms with van der Waals surface area (Å²) in [5, 5.41) is 0.837. The molecule has 0 aromatic carbocycles. The smallest absolute Gasteiger partial charge is 0.425 e. The molecule has 2 atom stereocenters. The molecule has 0 spiro atoms. The van der Waals surface area contributed by atoms with Crippen LogP contribution in [0, 0.1) is 0 Å². The Balaban J connectivity index is 1.57. The fraction of sp³-hybridized carbons (Fsp3) is 0.556. The number of carbonyl (C=O) groups excluding carboxylic acids is 6. The van der Waals surface area contributed by atoms with Crippen molar-refractivity contribution in [3.05, 3.63) is 12.2 Å². The molecule has 0 bridgehead atoms. The fourth-order valence-electron chi connectivity index (χ4n) is 3.18. The van der Waals surface area contributed by atoms with E-state index in [1.165, 1.54) is 0 Å². The molecule has 30 heavy (non-hydrogen) atoms. The maximum absolute atomic E-state index is 12.6. The van der Waals surface area contributed by atoms with Crippen LogP contribution in [0.2, 0.25) is 0 Å². The first-order chi connectivity index (χ1) is 14.2. The van der Waals surface area contributed by atoms with E-state index < -0.39 is 46.6 Å². The maximum atomic E-state index is 12.6. The molecule has 0 radical (unpaired) electrons. The van der Waals surface area contributed by atoms with Gasteiger partial charge in [-0.3, -0.25) is 24.0 Å². The van der Waals surface area contributed by atoms with Crippen LogP contribution in [-0.2, 0) is 38.4 Å². The molecule has 2 unspecified atom stereocenters. The Morgan fingerprint density at radius 3 is 2.00 bits per heavy atom. The summed E-state index contributed by atoms with van der Waals surface area (Å²) in [4.78, 5) is 80.5. The highest BCUT2D eigenvalue weighted by atomic mass is 32.1. The van der Waals surface area contributed by atoms with E-state index >= 15 is 0 Å². The van der Waals surface area contributed by atoms with E-state index in [4.69, 9.17) is 9.57 Å². The summed E-state index contributed by atoms with van der Waals surface area (Å²) in [6.07, 6.45) is 2.03. The lowest BCUT2D eigenvalue weighted by atomic mass is 9.92. The molecule has 0 N–H and O–H groups in total. The van der Waals surface area contributed by atoms with Gasteiger partial charge in [-0.2, -0.15) is 12.6 Å². The second-order valence-electron chi connectivity index (χ2n) is 7.08. The van der Waals surface area contributed by atoms with Crippen molar-refractivity contribution >= 4 is 48.4 Å². The van der Waals surface area contributed by atoms with Gasteiger partial charge < -0.3 is 9.57 Å². The van der Waals surface area contributed by atoms with Gasteiger partial charge in [0.25, 0.3) is 23.6 Å². The van der Waals surface area contributed by atoms with Crippen molar-refractivity contribution in [2.24, 2.45) is 0 Å². The number of hydrogen-bond acceptors (Lipinski definition) is 10. The zero-order chi connectivity index (χ0) is 21.9. The van der Waals surface area contributed by atoms with Crippen LogP contribution in [0.4, 0.5) is 4.79 Å². The first kappa shape index (κ1) is 21.8. The van der Waals surface area contributed by atoms with Gasteiger partial charge >= 0.3 is 12.1 Å². The molecule has 3 aliphatic rings. The lowest BCUT2D eigenvalue weighted by Gasteiger charge is -2.29.